The molecule has 1 fully saturated rings. The van der Waals surface area contributed by atoms with Gasteiger partial charge >= 0.3 is 0 Å². The third-order valence-electron chi connectivity index (χ3n) is 4.62. The van der Waals surface area contributed by atoms with Crippen molar-refractivity contribution >= 4 is 33.0 Å². The molecule has 0 atom stereocenters. The molecule has 0 saturated carbocycles. The Morgan fingerprint density at radius 2 is 1.85 bits per heavy atom. The van der Waals surface area contributed by atoms with Gasteiger partial charge in [0.1, 0.15) is 5.69 Å². The van der Waals surface area contributed by atoms with Crippen molar-refractivity contribution in [2.24, 2.45) is 0 Å². The highest BCUT2D eigenvalue weighted by atomic mass is 35.5. The predicted molar refractivity (Wildman–Crippen MR) is 105 cm³/mol. The van der Waals surface area contributed by atoms with Crippen LogP contribution in [0.1, 0.15) is 18.4 Å². The van der Waals surface area contributed by atoms with E-state index in [4.69, 9.17) is 11.6 Å². The number of sulfonamides is 1. The van der Waals surface area contributed by atoms with Gasteiger partial charge in [-0.05, 0) is 36.6 Å². The first kappa shape index (κ1) is 19.6. The number of nitro groups is 1. The van der Waals surface area contributed by atoms with E-state index in [1.165, 1.54) is 16.4 Å². The van der Waals surface area contributed by atoms with E-state index in [9.17, 15) is 18.5 Å². The first-order chi connectivity index (χ1) is 12.8. The van der Waals surface area contributed by atoms with Crippen LogP contribution < -0.4 is 4.90 Å². The van der Waals surface area contributed by atoms with Crippen LogP contribution in [-0.4, -0.2) is 37.8 Å². The summed E-state index contributed by atoms with van der Waals surface area (Å²) < 4.78 is 26.8. The Labute approximate surface area is 163 Å². The number of halogens is 1. The highest BCUT2D eigenvalue weighted by molar-refractivity contribution is 7.89. The summed E-state index contributed by atoms with van der Waals surface area (Å²) in [6, 6.07) is 11.3. The van der Waals surface area contributed by atoms with Crippen LogP contribution >= 0.6 is 11.6 Å². The molecule has 0 bridgehead atoms. The van der Waals surface area contributed by atoms with Gasteiger partial charge in [-0.2, -0.15) is 4.31 Å². The second kappa shape index (κ2) is 7.84. The van der Waals surface area contributed by atoms with Crippen LogP contribution in [0, 0.1) is 10.1 Å². The minimum Gasteiger partial charge on any atom is -0.365 e. The molecule has 27 heavy (non-hydrogen) atoms. The summed E-state index contributed by atoms with van der Waals surface area (Å²) in [6.45, 7) is 1.26. The third-order valence-corrected chi connectivity index (χ3v) is 6.89. The second-order valence-corrected chi connectivity index (χ2v) is 8.81. The van der Waals surface area contributed by atoms with Crippen molar-refractivity contribution < 1.29 is 13.3 Å². The molecule has 1 aliphatic heterocycles. The summed E-state index contributed by atoms with van der Waals surface area (Å²) in [4.78, 5) is 12.7. The van der Waals surface area contributed by atoms with Crippen LogP contribution in [-0.2, 0) is 16.6 Å². The molecule has 1 saturated heterocycles. The fourth-order valence-electron chi connectivity index (χ4n) is 3.18. The maximum Gasteiger partial charge on any atom is 0.293 e. The van der Waals surface area contributed by atoms with Crippen molar-refractivity contribution in [3.63, 3.8) is 0 Å². The normalized spacial score (nSPS) is 15.0. The van der Waals surface area contributed by atoms with Crippen LogP contribution in [0.4, 0.5) is 11.4 Å². The first-order valence-electron chi connectivity index (χ1n) is 8.54. The van der Waals surface area contributed by atoms with Crippen LogP contribution in [0.15, 0.2) is 47.4 Å². The fourth-order valence-corrected chi connectivity index (χ4v) is 4.91. The average molecular weight is 410 g/mol. The van der Waals surface area contributed by atoms with Crippen molar-refractivity contribution in [1.29, 1.82) is 0 Å². The zero-order valence-corrected chi connectivity index (χ0v) is 16.4. The number of benzene rings is 2. The molecule has 0 N–H and O–H groups in total. The summed E-state index contributed by atoms with van der Waals surface area (Å²) in [6.07, 6.45) is 1.61. The molecule has 2 aromatic carbocycles. The second-order valence-electron chi connectivity index (χ2n) is 6.47. The van der Waals surface area contributed by atoms with Crippen molar-refractivity contribution in [1.82, 2.24) is 4.31 Å². The Hall–Kier alpha value is -2.16. The monoisotopic (exact) mass is 409 g/mol. The van der Waals surface area contributed by atoms with E-state index < -0.39 is 14.9 Å². The lowest BCUT2D eigenvalue weighted by atomic mass is 10.2. The van der Waals surface area contributed by atoms with Gasteiger partial charge in [0.25, 0.3) is 5.69 Å². The van der Waals surface area contributed by atoms with Crippen LogP contribution in [0.2, 0.25) is 5.02 Å². The van der Waals surface area contributed by atoms with E-state index in [2.05, 4.69) is 0 Å². The first-order valence-corrected chi connectivity index (χ1v) is 10.4. The summed E-state index contributed by atoms with van der Waals surface area (Å²) in [5.74, 6) is 0. The van der Waals surface area contributed by atoms with Crippen LogP contribution in [0.25, 0.3) is 0 Å². The predicted octanol–water partition coefficient (Wildman–Crippen LogP) is 3.67. The Balaban J connectivity index is 1.94. The van der Waals surface area contributed by atoms with Gasteiger partial charge in [0.2, 0.25) is 10.0 Å². The molecule has 0 radical (unpaired) electrons. The minimum absolute atomic E-state index is 0.0500. The van der Waals surface area contributed by atoms with E-state index in [1.807, 2.05) is 18.2 Å². The number of nitrogens with zero attached hydrogens (tertiary/aromatic N) is 3. The summed E-state index contributed by atoms with van der Waals surface area (Å²) >= 11 is 6.17. The molecular formula is C18H20ClN3O4S. The van der Waals surface area contributed by atoms with Crippen molar-refractivity contribution in [3.8, 4) is 0 Å². The minimum atomic E-state index is -3.71. The molecular weight excluding hydrogens is 390 g/mol. The van der Waals surface area contributed by atoms with Crippen LogP contribution in [0.3, 0.4) is 0 Å². The Morgan fingerprint density at radius 1 is 1.19 bits per heavy atom. The van der Waals surface area contributed by atoms with Crippen molar-refractivity contribution in [3.05, 3.63) is 63.2 Å². The fraction of sp³-hybridized carbons (Fsp3) is 0.333. The number of anilines is 1. The molecule has 0 aromatic heterocycles. The van der Waals surface area contributed by atoms with Crippen molar-refractivity contribution in [2.75, 3.05) is 25.0 Å². The number of nitro benzene ring substituents is 1. The maximum absolute atomic E-state index is 12.7. The zero-order valence-electron chi connectivity index (χ0n) is 14.8. The SMILES string of the molecule is CN(Cc1ccccc1Cl)c1ccc(S(=O)(=O)N2CCCC2)cc1[N+](=O)[O-]. The zero-order chi connectivity index (χ0) is 19.6. The van der Waals surface area contributed by atoms with E-state index in [0.717, 1.165) is 24.5 Å². The molecule has 7 nitrogen and oxygen atoms in total. The quantitative estimate of drug-likeness (QED) is 0.537. The largest absolute Gasteiger partial charge is 0.365 e. The molecule has 3 rings (SSSR count). The molecule has 1 heterocycles. The Kier molecular flexibility index (Phi) is 5.69. The average Bonchev–Trinajstić information content (AvgIpc) is 3.18. The highest BCUT2D eigenvalue weighted by Gasteiger charge is 2.30. The summed E-state index contributed by atoms with van der Waals surface area (Å²) in [5.41, 5.74) is 0.912. The number of hydrogen-bond acceptors (Lipinski definition) is 5. The molecule has 144 valence electrons. The topological polar surface area (TPSA) is 83.8 Å². The summed E-state index contributed by atoms with van der Waals surface area (Å²) in [5, 5.41) is 12.2. The lowest BCUT2D eigenvalue weighted by Crippen LogP contribution is -2.28. The standard InChI is InChI=1S/C18H20ClN3O4S/c1-20(13-14-6-2-3-7-16(14)19)17-9-8-15(12-18(17)22(23)24)27(25,26)21-10-4-5-11-21/h2-3,6-9,12H,4-5,10-11,13H2,1H3. The number of rotatable bonds is 6. The van der Waals surface area contributed by atoms with E-state index in [1.54, 1.807) is 18.0 Å². The van der Waals surface area contributed by atoms with Gasteiger partial charge in [-0.15, -0.1) is 0 Å². The molecule has 0 spiro atoms. The molecule has 1 aliphatic rings. The van der Waals surface area contributed by atoms with Gasteiger partial charge in [0.05, 0.1) is 9.82 Å². The lowest BCUT2D eigenvalue weighted by Gasteiger charge is -2.21. The van der Waals surface area contributed by atoms with Gasteiger partial charge < -0.3 is 4.90 Å². The lowest BCUT2D eigenvalue weighted by molar-refractivity contribution is -0.384. The Morgan fingerprint density at radius 3 is 2.48 bits per heavy atom. The molecule has 2 aromatic rings. The van der Waals surface area contributed by atoms with Gasteiger partial charge in [-0.1, -0.05) is 29.8 Å². The Bertz CT molecular complexity index is 959. The van der Waals surface area contributed by atoms with Gasteiger partial charge in [-0.3, -0.25) is 10.1 Å². The highest BCUT2D eigenvalue weighted by Crippen LogP contribution is 2.33. The smallest absolute Gasteiger partial charge is 0.293 e. The maximum atomic E-state index is 12.7. The van der Waals surface area contributed by atoms with Crippen molar-refractivity contribution in [2.45, 2.75) is 24.3 Å². The molecule has 0 unspecified atom stereocenters. The van der Waals surface area contributed by atoms with Gasteiger partial charge in [-0.25, -0.2) is 8.42 Å². The summed E-state index contributed by atoms with van der Waals surface area (Å²) in [7, 11) is -2.00. The van der Waals surface area contributed by atoms with E-state index in [0.29, 0.717) is 30.3 Å². The van der Waals surface area contributed by atoms with E-state index in [-0.39, 0.29) is 10.6 Å². The molecule has 0 aliphatic carbocycles. The van der Waals surface area contributed by atoms with Gasteiger partial charge in [0.15, 0.2) is 0 Å². The number of hydrogen-bond donors (Lipinski definition) is 0. The van der Waals surface area contributed by atoms with E-state index >= 15 is 0 Å². The molecule has 9 heteroatoms. The molecule has 0 amide bonds. The van der Waals surface area contributed by atoms with Gasteiger partial charge in [0, 0.05) is 37.8 Å². The van der Waals surface area contributed by atoms with Crippen LogP contribution in [0.5, 0.6) is 0 Å². The third kappa shape index (κ3) is 4.07.